The van der Waals surface area contributed by atoms with Gasteiger partial charge in [-0.2, -0.15) is 0 Å². The van der Waals surface area contributed by atoms with Crippen LogP contribution in [0.4, 0.5) is 17.1 Å². The molecular formula is C73H95N15O6. The quantitative estimate of drug-likeness (QED) is 0.0535. The minimum Gasteiger partial charge on any atom is -0.351 e. The maximum absolute atomic E-state index is 12.8. The van der Waals surface area contributed by atoms with E-state index in [0.29, 0.717) is 94.1 Å². The van der Waals surface area contributed by atoms with Crippen LogP contribution in [0.15, 0.2) is 182 Å². The largest absolute Gasteiger partial charge is 0.351 e. The van der Waals surface area contributed by atoms with Crippen molar-refractivity contribution >= 4 is 52.5 Å². The third kappa shape index (κ3) is 19.4. The van der Waals surface area contributed by atoms with Crippen LogP contribution in [-0.2, 0) is 0 Å². The first-order valence-electron chi connectivity index (χ1n) is 30.9. The van der Waals surface area contributed by atoms with Gasteiger partial charge in [0.25, 0.3) is 35.4 Å². The lowest BCUT2D eigenvalue weighted by Crippen LogP contribution is -2.46. The molecule has 2 aliphatic heterocycles. The summed E-state index contributed by atoms with van der Waals surface area (Å²) in [5, 5.41) is 14.8. The molecule has 0 unspecified atom stereocenters. The molecule has 498 valence electrons. The van der Waals surface area contributed by atoms with Crippen LogP contribution in [0.3, 0.4) is 0 Å². The molecule has 0 radical (unpaired) electrons. The average molecular weight is 1280 g/mol. The molecule has 21 nitrogen and oxygen atoms in total. The zero-order valence-corrected chi connectivity index (χ0v) is 53.2. The lowest BCUT2D eigenvalue weighted by Gasteiger charge is -2.27. The predicted molar refractivity (Wildman–Crippen MR) is 384 cm³/mol. The summed E-state index contributed by atoms with van der Waals surface area (Å²) in [6, 6.07) is 49.4. The third-order valence-electron chi connectivity index (χ3n) is 15.4. The molecule has 0 spiro atoms. The van der Waals surface area contributed by atoms with Gasteiger partial charge in [-0.25, -0.2) is 15.0 Å². The molecule has 9 aromatic rings. The maximum Gasteiger partial charge on any atom is 0.276 e. The molecule has 5 N–H and O–H groups in total. The highest BCUT2D eigenvalue weighted by molar-refractivity contribution is 6.05. The van der Waals surface area contributed by atoms with Crippen molar-refractivity contribution in [3.8, 4) is 33.8 Å². The van der Waals surface area contributed by atoms with Gasteiger partial charge in [-0.3, -0.25) is 43.7 Å². The van der Waals surface area contributed by atoms with Crippen molar-refractivity contribution in [2.75, 3.05) is 103 Å². The number of para-hydroxylation sites is 3. The number of carbonyl (C=O) groups is 6. The summed E-state index contributed by atoms with van der Waals surface area (Å²) in [7, 11) is 5.73. The summed E-state index contributed by atoms with van der Waals surface area (Å²) in [4.78, 5) is 111. The van der Waals surface area contributed by atoms with Gasteiger partial charge in [0, 0.05) is 120 Å². The number of carbonyl (C=O) groups excluding carboxylic acids is 6. The zero-order valence-electron chi connectivity index (χ0n) is 53.2. The van der Waals surface area contributed by atoms with E-state index >= 15 is 0 Å². The van der Waals surface area contributed by atoms with Crippen molar-refractivity contribution in [2.24, 2.45) is 0 Å². The van der Waals surface area contributed by atoms with Gasteiger partial charge < -0.3 is 46.2 Å². The molecule has 2 fully saturated rings. The van der Waals surface area contributed by atoms with Crippen LogP contribution in [0.5, 0.6) is 0 Å². The van der Waals surface area contributed by atoms with Gasteiger partial charge in [0.2, 0.25) is 0 Å². The number of benzene rings is 6. The van der Waals surface area contributed by atoms with Gasteiger partial charge in [0.1, 0.15) is 17.1 Å². The topological polar surface area (TPSA) is 253 Å². The Kier molecular flexibility index (Phi) is 25.1. The number of nitrogens with zero attached hydrogens (tertiary/aromatic N) is 10. The second kappa shape index (κ2) is 34.1. The second-order valence-electron chi connectivity index (χ2n) is 22.6. The zero-order chi connectivity index (χ0) is 65.6. The molecule has 2 saturated heterocycles. The number of rotatable bonds is 18. The Morgan fingerprint density at radius 2 is 0.872 bits per heavy atom. The van der Waals surface area contributed by atoms with Crippen LogP contribution < -0.4 is 26.6 Å². The highest BCUT2D eigenvalue weighted by Gasteiger charge is 2.22. The van der Waals surface area contributed by atoms with Gasteiger partial charge in [-0.05, 0) is 134 Å². The second-order valence-corrected chi connectivity index (χ2v) is 22.6. The van der Waals surface area contributed by atoms with E-state index in [1.807, 2.05) is 157 Å². The highest BCUT2D eigenvalue weighted by Crippen LogP contribution is 2.24. The predicted octanol–water partition coefficient (Wildman–Crippen LogP) is 12.0. The lowest BCUT2D eigenvalue weighted by atomic mass is 10.1. The van der Waals surface area contributed by atoms with Gasteiger partial charge in [-0.15, -0.1) is 0 Å². The number of likely N-dealkylation sites (N-methyl/N-ethyl adjacent to an activating group) is 2. The van der Waals surface area contributed by atoms with Crippen molar-refractivity contribution in [3.63, 3.8) is 0 Å². The van der Waals surface area contributed by atoms with E-state index in [4.69, 9.17) is 0 Å². The number of nitrogens with one attached hydrogen (secondary N) is 5. The molecule has 0 atom stereocenters. The van der Waals surface area contributed by atoms with Crippen LogP contribution in [0.1, 0.15) is 110 Å². The van der Waals surface area contributed by atoms with Gasteiger partial charge >= 0.3 is 0 Å². The molecule has 3 aromatic heterocycles. The van der Waals surface area contributed by atoms with Gasteiger partial charge in [0.15, 0.2) is 0 Å². The molecule has 0 bridgehead atoms. The maximum atomic E-state index is 12.8. The molecule has 21 heteroatoms. The summed E-state index contributed by atoms with van der Waals surface area (Å²) in [5.41, 5.74) is 10.0. The van der Waals surface area contributed by atoms with Crippen molar-refractivity contribution in [1.29, 1.82) is 0 Å². The van der Waals surface area contributed by atoms with Crippen molar-refractivity contribution < 1.29 is 38.8 Å². The van der Waals surface area contributed by atoms with Crippen LogP contribution in [0, 0.1) is 20.8 Å². The van der Waals surface area contributed by atoms with Crippen molar-refractivity contribution in [3.05, 3.63) is 233 Å². The molecule has 5 heterocycles. The molecule has 6 amide bonds. The van der Waals surface area contributed by atoms with E-state index in [9.17, 15) is 28.8 Å². The number of aryl methyl sites for hydroxylation is 3. The molecule has 11 rings (SSSR count). The summed E-state index contributed by atoms with van der Waals surface area (Å²) in [5.74, 6) is -1.15. The molecule has 94 heavy (non-hydrogen) atoms. The molecule has 6 aromatic carbocycles. The van der Waals surface area contributed by atoms with Crippen LogP contribution in [0.2, 0.25) is 0 Å². The molecule has 0 saturated carbocycles. The first-order valence-corrected chi connectivity index (χ1v) is 30.9. The minimum atomic E-state index is -0.325. The summed E-state index contributed by atoms with van der Waals surface area (Å²) in [6.45, 7) is 13.4. The highest BCUT2D eigenvalue weighted by atomic mass is 16.2. The number of piperazine rings is 1. The average Bonchev–Trinajstić information content (AvgIpc) is 1.07. The molecular weight excluding hydrogens is 1180 g/mol. The number of aromatic nitrogens is 6. The Morgan fingerprint density at radius 3 is 1.30 bits per heavy atom. The Labute approximate surface area is 559 Å². The Morgan fingerprint density at radius 1 is 0.479 bits per heavy atom. The summed E-state index contributed by atoms with van der Waals surface area (Å²) >= 11 is 0. The van der Waals surface area contributed by atoms with Crippen molar-refractivity contribution in [1.82, 2.24) is 60.1 Å². The molecule has 0 aliphatic carbocycles. The number of hydrogen-bond donors (Lipinski definition) is 5. The number of anilines is 3. The Hall–Kier alpha value is -10.7. The number of likely N-dealkylation sites (tertiary alicyclic amines) is 1. The fraction of sp³-hybridized carbons (Fsp3) is 0.260. The SMILES string of the molecule is C.Cc1ncc(-c2cccc(C(=O)N(C)CCN(C)C)c2)nc1C(=O)Nc1ccccc1.Cc1ncc(-c2cccc(C(=O)N3CCNCC3)c2)nc1C(=O)Nc1ccccc1.Cc1ncc(-c2cccc(C(=O)NCCN3CCCC3)c2)nc1C(=O)Nc1ccccc1.[HH].[HH].[HH].[HH].[HH].[HH].[HH]. The van der Waals surface area contributed by atoms with E-state index in [0.717, 1.165) is 56.0 Å². The standard InChI is InChI=1S/C25H27N5O2.C24H27N5O2.C23H23N5O2.CH4.7H2/c1-18-23(25(32)28-21-10-3-2-4-11-21)29-22(17-27-18)19-8-7-9-20(16-19)24(31)26-12-15-30-13-5-6-14-30;1-17-22(23(30)26-20-11-6-5-7-12-20)27-21(16-25-17)18-9-8-10-19(15-18)24(31)29(4)14-13-28(2)3;1-16-21(22(29)26-19-8-3-2-4-9-19)27-20(15-25-16)17-6-5-7-18(14-17)23(30)28-12-10-24-11-13-28;;;;;;;;/h2-4,7-11,16-17H,5-6,12-15H2,1H3,(H,26,31)(H,28,32);5-12,15-16H,13-14H2,1-4H3,(H,26,30);2-9,14-15,24H,10-13H2,1H3,(H,26,29);1H4;7*1H. The van der Waals surface area contributed by atoms with Crippen molar-refractivity contribution in [2.45, 2.75) is 41.0 Å². The summed E-state index contributed by atoms with van der Waals surface area (Å²) in [6.07, 6.45) is 7.34. The third-order valence-corrected chi connectivity index (χ3v) is 15.4. The van der Waals surface area contributed by atoms with Gasteiger partial charge in [0.05, 0.1) is 52.8 Å². The normalized spacial score (nSPS) is 12.6. The van der Waals surface area contributed by atoms with Gasteiger partial charge in [-0.1, -0.05) is 98.4 Å². The first-order chi connectivity index (χ1) is 45.1. The number of hydrogen-bond acceptors (Lipinski definition) is 15. The van der Waals surface area contributed by atoms with E-state index in [-0.39, 0.29) is 69.9 Å². The van der Waals surface area contributed by atoms with Crippen LogP contribution >= 0.6 is 0 Å². The Balaban J connectivity index is 0.000000729. The monoisotopic (exact) mass is 1280 g/mol. The molecule has 2 aliphatic rings. The van der Waals surface area contributed by atoms with Crippen LogP contribution in [0.25, 0.3) is 33.8 Å². The van der Waals surface area contributed by atoms with E-state index in [2.05, 4.69) is 61.4 Å². The lowest BCUT2D eigenvalue weighted by molar-refractivity contribution is 0.0734. The van der Waals surface area contributed by atoms with E-state index < -0.39 is 0 Å². The number of amides is 6. The van der Waals surface area contributed by atoms with E-state index in [1.165, 1.54) is 12.8 Å². The fourth-order valence-electron chi connectivity index (χ4n) is 10.1. The smallest absolute Gasteiger partial charge is 0.276 e. The van der Waals surface area contributed by atoms with E-state index in [1.54, 1.807) is 81.6 Å². The van der Waals surface area contributed by atoms with Crippen LogP contribution in [-0.4, -0.2) is 172 Å². The fourth-order valence-corrected chi connectivity index (χ4v) is 10.1. The minimum absolute atomic E-state index is 0. The Bertz CT molecular complexity index is 4090. The summed E-state index contributed by atoms with van der Waals surface area (Å²) < 4.78 is 0. The first kappa shape index (κ1) is 69.2.